The molecule has 6 nitrogen and oxygen atoms in total. The molecule has 2 aromatic carbocycles. The Balaban J connectivity index is 1.98. The maximum Gasteiger partial charge on any atom is 0.162 e. The smallest absolute Gasteiger partial charge is 0.162 e. The van der Waals surface area contributed by atoms with Gasteiger partial charge in [-0.1, -0.05) is 19.9 Å². The van der Waals surface area contributed by atoms with Crippen LogP contribution in [-0.4, -0.2) is 35.0 Å². The largest absolute Gasteiger partial charge is 0.493 e. The van der Waals surface area contributed by atoms with E-state index in [2.05, 4.69) is 25.2 Å². The van der Waals surface area contributed by atoms with Gasteiger partial charge in [-0.25, -0.2) is 0 Å². The van der Waals surface area contributed by atoms with E-state index in [9.17, 15) is 5.26 Å². The minimum Gasteiger partial charge on any atom is -0.493 e. The zero-order chi connectivity index (χ0) is 23.6. The molecule has 1 N–H and O–H groups in total. The summed E-state index contributed by atoms with van der Waals surface area (Å²) < 4.78 is 21.4. The highest BCUT2D eigenvalue weighted by Crippen LogP contribution is 2.38. The molecule has 0 spiro atoms. The van der Waals surface area contributed by atoms with Gasteiger partial charge < -0.3 is 24.3 Å². The second kappa shape index (κ2) is 12.1. The van der Waals surface area contributed by atoms with Crippen LogP contribution in [0, 0.1) is 22.7 Å². The molecule has 0 saturated carbocycles. The summed E-state index contributed by atoms with van der Waals surface area (Å²) in [6.07, 6.45) is 3.34. The summed E-state index contributed by atoms with van der Waals surface area (Å²) in [5.74, 6) is 3.09. The van der Waals surface area contributed by atoms with Crippen LogP contribution in [0.3, 0.4) is 0 Å². The number of rotatable bonds is 13. The molecule has 2 aromatic rings. The van der Waals surface area contributed by atoms with Gasteiger partial charge >= 0.3 is 0 Å². The van der Waals surface area contributed by atoms with Gasteiger partial charge in [-0.05, 0) is 61.4 Å². The van der Waals surface area contributed by atoms with E-state index >= 15 is 0 Å². The molecule has 174 valence electrons. The summed E-state index contributed by atoms with van der Waals surface area (Å²) in [5.41, 5.74) is 1.73. The van der Waals surface area contributed by atoms with Gasteiger partial charge in [-0.3, -0.25) is 0 Å². The number of hydrogen-bond acceptors (Lipinski definition) is 6. The lowest BCUT2D eigenvalue weighted by molar-refractivity contribution is 0.232. The fraction of sp³-hybridized carbons (Fsp3) is 0.500. The summed E-state index contributed by atoms with van der Waals surface area (Å²) in [5, 5.41) is 13.5. The maximum atomic E-state index is 10.1. The summed E-state index contributed by atoms with van der Waals surface area (Å²) >= 11 is 0. The number of nitrogens with zero attached hydrogens (tertiary/aromatic N) is 1. The van der Waals surface area contributed by atoms with Crippen molar-refractivity contribution < 1.29 is 18.9 Å². The number of methoxy groups -OCH3 is 4. The second-order valence-electron chi connectivity index (χ2n) is 8.21. The van der Waals surface area contributed by atoms with Crippen LogP contribution in [0.1, 0.15) is 38.7 Å². The highest BCUT2D eigenvalue weighted by Gasteiger charge is 2.33. The number of benzene rings is 2. The molecule has 0 aromatic heterocycles. The Labute approximate surface area is 192 Å². The Morgan fingerprint density at radius 3 is 2.00 bits per heavy atom. The van der Waals surface area contributed by atoms with Crippen LogP contribution < -0.4 is 24.3 Å². The first kappa shape index (κ1) is 25.2. The molecule has 32 heavy (non-hydrogen) atoms. The lowest BCUT2D eigenvalue weighted by atomic mass is 9.71. The Morgan fingerprint density at radius 1 is 0.844 bits per heavy atom. The number of anilines is 1. The highest BCUT2D eigenvalue weighted by molar-refractivity contribution is 5.54. The predicted octanol–water partition coefficient (Wildman–Crippen LogP) is 5.71. The fourth-order valence-electron chi connectivity index (χ4n) is 3.93. The normalized spacial score (nSPS) is 12.6. The molecule has 0 unspecified atom stereocenters. The maximum absolute atomic E-state index is 10.1. The van der Waals surface area contributed by atoms with Crippen molar-refractivity contribution in [2.75, 3.05) is 40.3 Å². The van der Waals surface area contributed by atoms with Crippen molar-refractivity contribution >= 4 is 5.69 Å². The minimum atomic E-state index is -0.382. The van der Waals surface area contributed by atoms with Crippen LogP contribution in [0.25, 0.3) is 0 Å². The standard InChI is InChI=1S/C26H36N2O4/c1-19(2)26(18-27,14-12-20-8-10-22(29-3)24(16-20)31-5)13-7-15-28-21-9-11-23(30-4)25(17-21)32-6/h8-11,16-17,19,28H,7,12-15H2,1-6H3/t26-/m1/s1. The summed E-state index contributed by atoms with van der Waals surface area (Å²) in [4.78, 5) is 0. The van der Waals surface area contributed by atoms with Gasteiger partial charge in [-0.2, -0.15) is 5.26 Å². The van der Waals surface area contributed by atoms with Crippen molar-refractivity contribution in [3.05, 3.63) is 42.0 Å². The quantitative estimate of drug-likeness (QED) is 0.402. The van der Waals surface area contributed by atoms with Crippen molar-refractivity contribution in [2.24, 2.45) is 11.3 Å². The molecule has 2 rings (SSSR count). The predicted molar refractivity (Wildman–Crippen MR) is 128 cm³/mol. The molecule has 0 saturated heterocycles. The molecule has 0 radical (unpaired) electrons. The lowest BCUT2D eigenvalue weighted by Crippen LogP contribution is -2.27. The van der Waals surface area contributed by atoms with Gasteiger partial charge in [0, 0.05) is 18.3 Å². The van der Waals surface area contributed by atoms with Crippen LogP contribution in [-0.2, 0) is 6.42 Å². The van der Waals surface area contributed by atoms with Crippen molar-refractivity contribution in [3.63, 3.8) is 0 Å². The first-order chi connectivity index (χ1) is 15.4. The number of ether oxygens (including phenoxy) is 4. The Hall–Kier alpha value is -3.07. The van der Waals surface area contributed by atoms with Crippen molar-refractivity contribution in [3.8, 4) is 29.1 Å². The van der Waals surface area contributed by atoms with Gasteiger partial charge in [0.15, 0.2) is 23.0 Å². The number of nitrogens with one attached hydrogen (secondary N) is 1. The minimum absolute atomic E-state index is 0.258. The second-order valence-corrected chi connectivity index (χ2v) is 8.21. The zero-order valence-electron chi connectivity index (χ0n) is 20.2. The fourth-order valence-corrected chi connectivity index (χ4v) is 3.93. The van der Waals surface area contributed by atoms with Gasteiger partial charge in [0.2, 0.25) is 0 Å². The first-order valence-electron chi connectivity index (χ1n) is 11.0. The topological polar surface area (TPSA) is 72.7 Å². The molecule has 0 amide bonds. The van der Waals surface area contributed by atoms with Gasteiger partial charge in [0.25, 0.3) is 0 Å². The average molecular weight is 441 g/mol. The van der Waals surface area contributed by atoms with E-state index in [0.717, 1.165) is 49.2 Å². The Bertz CT molecular complexity index is 907. The molecule has 0 aliphatic rings. The third-order valence-electron chi connectivity index (χ3n) is 6.15. The summed E-state index contributed by atoms with van der Waals surface area (Å²) in [6, 6.07) is 14.4. The van der Waals surface area contributed by atoms with E-state index in [0.29, 0.717) is 17.2 Å². The number of aryl methyl sites for hydroxylation is 1. The first-order valence-corrected chi connectivity index (χ1v) is 11.0. The molecule has 0 fully saturated rings. The van der Waals surface area contributed by atoms with Crippen molar-refractivity contribution in [2.45, 2.75) is 39.5 Å². The SMILES string of the molecule is COc1ccc(CC[C@@](C#N)(CCCNc2ccc(OC)c(OC)c2)C(C)C)cc1OC. The zero-order valence-corrected chi connectivity index (χ0v) is 20.2. The molecular weight excluding hydrogens is 404 g/mol. The van der Waals surface area contributed by atoms with Crippen LogP contribution in [0.15, 0.2) is 36.4 Å². The number of nitriles is 1. The van der Waals surface area contributed by atoms with Crippen molar-refractivity contribution in [1.82, 2.24) is 0 Å². The average Bonchev–Trinajstić information content (AvgIpc) is 2.83. The highest BCUT2D eigenvalue weighted by atomic mass is 16.5. The van der Waals surface area contributed by atoms with Crippen molar-refractivity contribution in [1.29, 1.82) is 5.26 Å². The van der Waals surface area contributed by atoms with E-state index in [4.69, 9.17) is 18.9 Å². The van der Waals surface area contributed by atoms with Crippen LogP contribution in [0.2, 0.25) is 0 Å². The van der Waals surface area contributed by atoms with Gasteiger partial charge in [-0.15, -0.1) is 0 Å². The molecule has 1 atom stereocenters. The third-order valence-corrected chi connectivity index (χ3v) is 6.15. The molecule has 0 aliphatic carbocycles. The summed E-state index contributed by atoms with van der Waals surface area (Å²) in [7, 11) is 6.53. The van der Waals surface area contributed by atoms with E-state index in [1.807, 2.05) is 36.4 Å². The van der Waals surface area contributed by atoms with E-state index in [-0.39, 0.29) is 11.3 Å². The molecule has 0 aliphatic heterocycles. The third kappa shape index (κ3) is 6.23. The van der Waals surface area contributed by atoms with E-state index < -0.39 is 0 Å². The number of hydrogen-bond donors (Lipinski definition) is 1. The van der Waals surface area contributed by atoms with Gasteiger partial charge in [0.1, 0.15) is 0 Å². The lowest BCUT2D eigenvalue weighted by Gasteiger charge is -2.31. The Morgan fingerprint density at radius 2 is 1.44 bits per heavy atom. The molecular formula is C26H36N2O4. The van der Waals surface area contributed by atoms with E-state index in [1.165, 1.54) is 0 Å². The van der Waals surface area contributed by atoms with E-state index in [1.54, 1.807) is 28.4 Å². The monoisotopic (exact) mass is 440 g/mol. The molecule has 0 heterocycles. The van der Waals surface area contributed by atoms with Crippen LogP contribution >= 0.6 is 0 Å². The molecule has 0 bridgehead atoms. The van der Waals surface area contributed by atoms with Crippen LogP contribution in [0.4, 0.5) is 5.69 Å². The molecule has 6 heteroatoms. The van der Waals surface area contributed by atoms with Crippen LogP contribution in [0.5, 0.6) is 23.0 Å². The summed E-state index contributed by atoms with van der Waals surface area (Å²) in [6.45, 7) is 5.06. The van der Waals surface area contributed by atoms with Gasteiger partial charge in [0.05, 0.1) is 39.9 Å². The Kier molecular flexibility index (Phi) is 9.52.